The van der Waals surface area contributed by atoms with Crippen LogP contribution in [0.4, 0.5) is 0 Å². The van der Waals surface area contributed by atoms with Gasteiger partial charge in [-0.2, -0.15) is 0 Å². The minimum atomic E-state index is -0.258. The van der Waals surface area contributed by atoms with Crippen molar-refractivity contribution in [1.29, 1.82) is 0 Å². The molecule has 1 aromatic heterocycles. The van der Waals surface area contributed by atoms with Crippen molar-refractivity contribution in [3.05, 3.63) is 72.0 Å². The Morgan fingerprint density at radius 1 is 1.00 bits per heavy atom. The molecule has 4 rings (SSSR count). The molecule has 1 N–H and O–H groups in total. The number of carbonyl (C=O) groups is 1. The third-order valence-corrected chi connectivity index (χ3v) is 4.69. The van der Waals surface area contributed by atoms with Gasteiger partial charge in [-0.3, -0.25) is 4.79 Å². The van der Waals surface area contributed by atoms with Crippen LogP contribution in [0.3, 0.4) is 0 Å². The first-order chi connectivity index (χ1) is 14.0. The minimum absolute atomic E-state index is 0.0543. The van der Waals surface area contributed by atoms with Crippen LogP contribution in [-0.2, 0) is 6.54 Å². The lowest BCUT2D eigenvalue weighted by atomic mass is 10.1. The van der Waals surface area contributed by atoms with Crippen LogP contribution in [0.5, 0.6) is 11.5 Å². The molecule has 4 aromatic rings. The van der Waals surface area contributed by atoms with Crippen LogP contribution in [0.2, 0.25) is 0 Å². The maximum absolute atomic E-state index is 12.6. The summed E-state index contributed by atoms with van der Waals surface area (Å²) >= 11 is 0. The molecule has 29 heavy (non-hydrogen) atoms. The van der Waals surface area contributed by atoms with Gasteiger partial charge in [-0.1, -0.05) is 36.4 Å². The van der Waals surface area contributed by atoms with Crippen molar-refractivity contribution in [2.24, 2.45) is 0 Å². The summed E-state index contributed by atoms with van der Waals surface area (Å²) in [6.45, 7) is 4.28. The van der Waals surface area contributed by atoms with Gasteiger partial charge < -0.3 is 19.2 Å². The average molecular weight is 389 g/mol. The number of amides is 1. The maximum atomic E-state index is 12.6. The van der Waals surface area contributed by atoms with Gasteiger partial charge in [0.1, 0.15) is 5.58 Å². The predicted molar refractivity (Wildman–Crippen MR) is 114 cm³/mol. The van der Waals surface area contributed by atoms with Crippen molar-refractivity contribution in [3.8, 4) is 11.5 Å². The summed E-state index contributed by atoms with van der Waals surface area (Å²) in [5.74, 6) is 1.36. The second-order valence-electron chi connectivity index (χ2n) is 7.14. The number of hydrogen-bond donors (Lipinski definition) is 1. The summed E-state index contributed by atoms with van der Waals surface area (Å²) in [5, 5.41) is 6.02. The van der Waals surface area contributed by atoms with Gasteiger partial charge >= 0.3 is 0 Å². The maximum Gasteiger partial charge on any atom is 0.287 e. The monoisotopic (exact) mass is 389 g/mol. The van der Waals surface area contributed by atoms with E-state index in [-0.39, 0.29) is 12.0 Å². The van der Waals surface area contributed by atoms with Crippen molar-refractivity contribution in [1.82, 2.24) is 5.32 Å². The molecule has 148 valence electrons. The van der Waals surface area contributed by atoms with E-state index in [4.69, 9.17) is 13.9 Å². The molecule has 0 spiro atoms. The van der Waals surface area contributed by atoms with E-state index in [1.807, 2.05) is 68.4 Å². The first kappa shape index (κ1) is 18.9. The van der Waals surface area contributed by atoms with Gasteiger partial charge in [0.2, 0.25) is 0 Å². The number of benzene rings is 3. The number of fused-ring (bicyclic) bond motifs is 3. The highest BCUT2D eigenvalue weighted by molar-refractivity contribution is 6.08. The van der Waals surface area contributed by atoms with E-state index in [0.29, 0.717) is 29.4 Å². The van der Waals surface area contributed by atoms with Crippen molar-refractivity contribution >= 4 is 27.6 Å². The Morgan fingerprint density at radius 2 is 1.83 bits per heavy atom. The summed E-state index contributed by atoms with van der Waals surface area (Å²) < 4.78 is 16.9. The Morgan fingerprint density at radius 3 is 2.62 bits per heavy atom. The van der Waals surface area contributed by atoms with E-state index in [2.05, 4.69) is 5.32 Å². The van der Waals surface area contributed by atoms with Crippen molar-refractivity contribution in [2.75, 3.05) is 7.11 Å². The van der Waals surface area contributed by atoms with Crippen LogP contribution in [-0.4, -0.2) is 19.1 Å². The Hall–Kier alpha value is -3.47. The number of hydrogen-bond acceptors (Lipinski definition) is 4. The molecule has 0 fully saturated rings. The Bertz CT molecular complexity index is 1180. The van der Waals surface area contributed by atoms with Gasteiger partial charge in [-0.05, 0) is 54.4 Å². The third-order valence-electron chi connectivity index (χ3n) is 4.69. The minimum Gasteiger partial charge on any atom is -0.493 e. The van der Waals surface area contributed by atoms with Crippen LogP contribution in [0.25, 0.3) is 21.7 Å². The summed E-state index contributed by atoms with van der Waals surface area (Å²) in [4.78, 5) is 12.6. The molecule has 0 aliphatic rings. The molecule has 3 aromatic carbocycles. The molecule has 0 unspecified atom stereocenters. The molecule has 0 saturated heterocycles. The van der Waals surface area contributed by atoms with Crippen molar-refractivity contribution < 1.29 is 18.7 Å². The Kier molecular flexibility index (Phi) is 5.12. The second-order valence-corrected chi connectivity index (χ2v) is 7.14. The van der Waals surface area contributed by atoms with Crippen LogP contribution < -0.4 is 14.8 Å². The topological polar surface area (TPSA) is 60.7 Å². The summed E-state index contributed by atoms with van der Waals surface area (Å²) in [6, 6.07) is 19.4. The second kappa shape index (κ2) is 7.87. The van der Waals surface area contributed by atoms with E-state index >= 15 is 0 Å². The quantitative estimate of drug-likeness (QED) is 0.485. The van der Waals surface area contributed by atoms with Crippen LogP contribution in [0, 0.1) is 0 Å². The fraction of sp³-hybridized carbons (Fsp3) is 0.208. The molecular formula is C24H23NO4. The van der Waals surface area contributed by atoms with Gasteiger partial charge in [-0.25, -0.2) is 0 Å². The van der Waals surface area contributed by atoms with Crippen LogP contribution >= 0.6 is 0 Å². The van der Waals surface area contributed by atoms with E-state index in [1.54, 1.807) is 13.2 Å². The van der Waals surface area contributed by atoms with Gasteiger partial charge in [0.15, 0.2) is 17.3 Å². The lowest BCUT2D eigenvalue weighted by molar-refractivity contribution is 0.0925. The molecule has 0 atom stereocenters. The van der Waals surface area contributed by atoms with Gasteiger partial charge in [0, 0.05) is 11.9 Å². The molecule has 5 nitrogen and oxygen atoms in total. The third kappa shape index (κ3) is 3.90. The highest BCUT2D eigenvalue weighted by Crippen LogP contribution is 2.30. The largest absolute Gasteiger partial charge is 0.493 e. The van der Waals surface area contributed by atoms with E-state index < -0.39 is 0 Å². The van der Waals surface area contributed by atoms with Gasteiger partial charge in [-0.15, -0.1) is 0 Å². The van der Waals surface area contributed by atoms with Gasteiger partial charge in [0.25, 0.3) is 5.91 Å². The SMILES string of the molecule is COc1cc(CNC(=O)c2cc3c(ccc4ccccc43)o2)ccc1OC(C)C. The van der Waals surface area contributed by atoms with E-state index in [0.717, 1.165) is 21.7 Å². The molecule has 1 heterocycles. The molecular weight excluding hydrogens is 366 g/mol. The lowest BCUT2D eigenvalue weighted by Crippen LogP contribution is -2.22. The fourth-order valence-corrected chi connectivity index (χ4v) is 3.35. The molecule has 0 bridgehead atoms. The van der Waals surface area contributed by atoms with E-state index in [9.17, 15) is 4.79 Å². The smallest absolute Gasteiger partial charge is 0.287 e. The van der Waals surface area contributed by atoms with Crippen LogP contribution in [0.15, 0.2) is 65.1 Å². The zero-order valence-electron chi connectivity index (χ0n) is 16.7. The molecule has 0 saturated carbocycles. The lowest BCUT2D eigenvalue weighted by Gasteiger charge is -2.14. The molecule has 0 aliphatic heterocycles. The zero-order chi connectivity index (χ0) is 20.4. The highest BCUT2D eigenvalue weighted by Gasteiger charge is 2.14. The number of ether oxygens (including phenoxy) is 2. The molecule has 0 aliphatic carbocycles. The number of methoxy groups -OCH3 is 1. The summed E-state index contributed by atoms with van der Waals surface area (Å²) in [7, 11) is 1.60. The first-order valence-corrected chi connectivity index (χ1v) is 9.58. The Balaban J connectivity index is 1.52. The van der Waals surface area contributed by atoms with Crippen LogP contribution in [0.1, 0.15) is 30.0 Å². The van der Waals surface area contributed by atoms with E-state index in [1.165, 1.54) is 0 Å². The standard InChI is InChI=1S/C24H23NO4/c1-15(2)28-21-10-8-16(12-22(21)27-3)14-25-24(26)23-13-19-18-7-5-4-6-17(18)9-11-20(19)29-23/h4-13,15H,14H2,1-3H3,(H,25,26). The van der Waals surface area contributed by atoms with Crippen molar-refractivity contribution in [3.63, 3.8) is 0 Å². The highest BCUT2D eigenvalue weighted by atomic mass is 16.5. The fourth-order valence-electron chi connectivity index (χ4n) is 3.35. The normalized spacial score (nSPS) is 11.2. The molecule has 1 amide bonds. The Labute approximate surface area is 169 Å². The predicted octanol–water partition coefficient (Wildman–Crippen LogP) is 5.31. The average Bonchev–Trinajstić information content (AvgIpc) is 3.17. The number of rotatable bonds is 6. The number of nitrogens with one attached hydrogen (secondary N) is 1. The number of furan rings is 1. The van der Waals surface area contributed by atoms with Gasteiger partial charge in [0.05, 0.1) is 13.2 Å². The van der Waals surface area contributed by atoms with Crippen molar-refractivity contribution in [2.45, 2.75) is 26.5 Å². The molecule has 5 heteroatoms. The number of carbonyl (C=O) groups excluding carboxylic acids is 1. The summed E-state index contributed by atoms with van der Waals surface area (Å²) in [5.41, 5.74) is 1.61. The zero-order valence-corrected chi connectivity index (χ0v) is 16.7. The first-order valence-electron chi connectivity index (χ1n) is 9.58. The molecule has 0 radical (unpaired) electrons. The summed E-state index contributed by atoms with van der Waals surface area (Å²) in [6.07, 6.45) is 0.0543.